The van der Waals surface area contributed by atoms with Gasteiger partial charge in [0.1, 0.15) is 0 Å². The van der Waals surface area contributed by atoms with Crippen molar-refractivity contribution < 1.29 is 19.1 Å². The Morgan fingerprint density at radius 3 is 1.86 bits per heavy atom. The maximum absolute atomic E-state index is 11.5. The average molecular weight is 411 g/mol. The Kier molecular flexibility index (Phi) is 13.3. The molecule has 0 spiro atoms. The fraction of sp³-hybridized carbons (Fsp3) is 0.920. The van der Waals surface area contributed by atoms with Crippen LogP contribution in [0, 0.1) is 35.5 Å². The van der Waals surface area contributed by atoms with Crippen LogP contribution in [0.25, 0.3) is 0 Å². The van der Waals surface area contributed by atoms with E-state index in [9.17, 15) is 9.59 Å². The fourth-order valence-corrected chi connectivity index (χ4v) is 4.60. The molecule has 2 aliphatic carbocycles. The number of carbonyl (C=O) groups excluding carboxylic acids is 2. The summed E-state index contributed by atoms with van der Waals surface area (Å²) >= 11 is 0. The molecule has 0 aromatic heterocycles. The first-order valence-electron chi connectivity index (χ1n) is 12.1. The minimum Gasteiger partial charge on any atom is -0.468 e. The summed E-state index contributed by atoms with van der Waals surface area (Å²) in [6, 6.07) is 0. The van der Waals surface area contributed by atoms with E-state index in [1.807, 2.05) is 0 Å². The Bertz CT molecular complexity index is 450. The Labute approximate surface area is 179 Å². The summed E-state index contributed by atoms with van der Waals surface area (Å²) in [6.45, 7) is 13.2. The van der Waals surface area contributed by atoms with Gasteiger partial charge in [-0.25, -0.2) is 0 Å². The highest BCUT2D eigenvalue weighted by molar-refractivity contribution is 5.69. The second-order valence-corrected chi connectivity index (χ2v) is 9.84. The molecule has 0 N–H and O–H groups in total. The SMILES string of the molecule is CC1CCC(COC=O)CC1C.CCCCCC(=O)OCC1CCC(C)C(C)C1. The van der Waals surface area contributed by atoms with Gasteiger partial charge < -0.3 is 9.47 Å². The molecule has 29 heavy (non-hydrogen) atoms. The van der Waals surface area contributed by atoms with Crippen LogP contribution in [0.15, 0.2) is 0 Å². The summed E-state index contributed by atoms with van der Waals surface area (Å²) in [4.78, 5) is 21.5. The molecule has 0 amide bonds. The van der Waals surface area contributed by atoms with E-state index in [1.165, 1.54) is 38.5 Å². The lowest BCUT2D eigenvalue weighted by atomic mass is 9.76. The molecule has 4 nitrogen and oxygen atoms in total. The highest BCUT2D eigenvalue weighted by atomic mass is 16.5. The number of hydrogen-bond acceptors (Lipinski definition) is 4. The van der Waals surface area contributed by atoms with Crippen molar-refractivity contribution in [1.82, 2.24) is 0 Å². The summed E-state index contributed by atoms with van der Waals surface area (Å²) < 4.78 is 10.1. The lowest BCUT2D eigenvalue weighted by Crippen LogP contribution is -2.24. The Morgan fingerprint density at radius 2 is 1.38 bits per heavy atom. The van der Waals surface area contributed by atoms with Gasteiger partial charge in [0.25, 0.3) is 6.47 Å². The van der Waals surface area contributed by atoms with Crippen LogP contribution in [0.2, 0.25) is 0 Å². The quantitative estimate of drug-likeness (QED) is 0.250. The van der Waals surface area contributed by atoms with Gasteiger partial charge in [-0.3, -0.25) is 9.59 Å². The number of carbonyl (C=O) groups is 2. The van der Waals surface area contributed by atoms with Crippen LogP contribution in [0.4, 0.5) is 0 Å². The first-order chi connectivity index (χ1) is 13.9. The third kappa shape index (κ3) is 11.1. The molecule has 0 aliphatic heterocycles. The molecule has 0 bridgehead atoms. The Morgan fingerprint density at radius 1 is 0.828 bits per heavy atom. The first-order valence-corrected chi connectivity index (χ1v) is 12.1. The van der Waals surface area contributed by atoms with Crippen LogP contribution in [0.3, 0.4) is 0 Å². The van der Waals surface area contributed by atoms with E-state index < -0.39 is 0 Å². The minimum atomic E-state index is 0.00438. The fourth-order valence-electron chi connectivity index (χ4n) is 4.60. The number of ether oxygens (including phenoxy) is 2. The summed E-state index contributed by atoms with van der Waals surface area (Å²) in [5, 5.41) is 0. The zero-order valence-corrected chi connectivity index (χ0v) is 19.7. The highest BCUT2D eigenvalue weighted by Gasteiger charge is 2.25. The molecule has 2 aliphatic rings. The predicted octanol–water partition coefficient (Wildman–Crippen LogP) is 6.41. The molecule has 0 radical (unpaired) electrons. The van der Waals surface area contributed by atoms with Crippen LogP contribution in [0.1, 0.15) is 98.8 Å². The molecule has 0 heterocycles. The lowest BCUT2D eigenvalue weighted by molar-refractivity contribution is -0.145. The van der Waals surface area contributed by atoms with Gasteiger partial charge in [0.2, 0.25) is 0 Å². The Balaban J connectivity index is 0.000000308. The topological polar surface area (TPSA) is 52.6 Å². The molecule has 0 aromatic rings. The van der Waals surface area contributed by atoms with E-state index in [0.29, 0.717) is 37.9 Å². The summed E-state index contributed by atoms with van der Waals surface area (Å²) in [5.41, 5.74) is 0. The monoisotopic (exact) mass is 410 g/mol. The van der Waals surface area contributed by atoms with Gasteiger partial charge in [0, 0.05) is 6.42 Å². The van der Waals surface area contributed by atoms with Crippen molar-refractivity contribution in [2.24, 2.45) is 35.5 Å². The van der Waals surface area contributed by atoms with Gasteiger partial charge >= 0.3 is 5.97 Å². The van der Waals surface area contributed by atoms with E-state index in [-0.39, 0.29) is 5.97 Å². The predicted molar refractivity (Wildman–Crippen MR) is 118 cm³/mol. The van der Waals surface area contributed by atoms with Gasteiger partial charge in [-0.1, -0.05) is 60.3 Å². The largest absolute Gasteiger partial charge is 0.468 e. The molecule has 2 saturated carbocycles. The minimum absolute atomic E-state index is 0.00438. The van der Waals surface area contributed by atoms with E-state index in [4.69, 9.17) is 9.47 Å². The standard InChI is InChI=1S/C15H28O2.C10H18O2/c1-4-5-6-7-15(16)17-11-14-9-8-12(2)13(3)10-14;1-8-3-4-10(5-9(8)2)6-12-7-11/h12-14H,4-11H2,1-3H3;7-10H,3-6H2,1-2H3. The van der Waals surface area contributed by atoms with Gasteiger partial charge in [-0.2, -0.15) is 0 Å². The van der Waals surface area contributed by atoms with Crippen LogP contribution in [-0.2, 0) is 19.1 Å². The van der Waals surface area contributed by atoms with Crippen molar-refractivity contribution in [3.05, 3.63) is 0 Å². The van der Waals surface area contributed by atoms with E-state index >= 15 is 0 Å². The van der Waals surface area contributed by atoms with Crippen LogP contribution < -0.4 is 0 Å². The average Bonchev–Trinajstić information content (AvgIpc) is 2.70. The van der Waals surface area contributed by atoms with Crippen molar-refractivity contribution in [3.63, 3.8) is 0 Å². The Hall–Kier alpha value is -1.06. The highest BCUT2D eigenvalue weighted by Crippen LogP contribution is 2.34. The molecule has 2 rings (SSSR count). The zero-order chi connectivity index (χ0) is 21.6. The van der Waals surface area contributed by atoms with Crippen LogP contribution in [0.5, 0.6) is 0 Å². The van der Waals surface area contributed by atoms with Crippen molar-refractivity contribution in [2.45, 2.75) is 98.8 Å². The van der Waals surface area contributed by atoms with Gasteiger partial charge in [-0.15, -0.1) is 0 Å². The molecule has 6 unspecified atom stereocenters. The zero-order valence-electron chi connectivity index (χ0n) is 19.7. The van der Waals surface area contributed by atoms with Gasteiger partial charge in [0.05, 0.1) is 13.2 Å². The number of esters is 1. The van der Waals surface area contributed by atoms with Crippen LogP contribution >= 0.6 is 0 Å². The van der Waals surface area contributed by atoms with Crippen molar-refractivity contribution in [1.29, 1.82) is 0 Å². The molecule has 0 saturated heterocycles. The van der Waals surface area contributed by atoms with Crippen molar-refractivity contribution in [3.8, 4) is 0 Å². The molecule has 4 heteroatoms. The van der Waals surface area contributed by atoms with E-state index in [1.54, 1.807) is 0 Å². The number of rotatable bonds is 9. The second-order valence-electron chi connectivity index (χ2n) is 9.84. The molecule has 0 aromatic carbocycles. The number of hydrogen-bond donors (Lipinski definition) is 0. The smallest absolute Gasteiger partial charge is 0.305 e. The van der Waals surface area contributed by atoms with Crippen molar-refractivity contribution >= 4 is 12.4 Å². The number of unbranched alkanes of at least 4 members (excludes halogenated alkanes) is 2. The third-order valence-corrected chi connectivity index (χ3v) is 7.28. The molecule has 6 atom stereocenters. The first kappa shape index (κ1) is 26.0. The molecular formula is C25H46O4. The third-order valence-electron chi connectivity index (χ3n) is 7.28. The van der Waals surface area contributed by atoms with Gasteiger partial charge in [-0.05, 0) is 67.6 Å². The second kappa shape index (κ2) is 14.8. The summed E-state index contributed by atoms with van der Waals surface area (Å²) in [7, 11) is 0. The lowest BCUT2D eigenvalue weighted by Gasteiger charge is -2.31. The van der Waals surface area contributed by atoms with Gasteiger partial charge in [0.15, 0.2) is 0 Å². The van der Waals surface area contributed by atoms with Crippen molar-refractivity contribution in [2.75, 3.05) is 13.2 Å². The maximum atomic E-state index is 11.5. The molecule has 170 valence electrons. The maximum Gasteiger partial charge on any atom is 0.305 e. The van der Waals surface area contributed by atoms with E-state index in [2.05, 4.69) is 34.6 Å². The normalized spacial score (nSPS) is 31.9. The summed E-state index contributed by atoms with van der Waals surface area (Å²) in [5.74, 6) is 4.48. The van der Waals surface area contributed by atoms with E-state index in [0.717, 1.165) is 42.9 Å². The molecular weight excluding hydrogens is 364 g/mol. The molecule has 2 fully saturated rings. The van der Waals surface area contributed by atoms with Crippen LogP contribution in [-0.4, -0.2) is 25.7 Å². The summed E-state index contributed by atoms with van der Waals surface area (Å²) in [6.07, 6.45) is 11.3.